The molecule has 2 N–H and O–H groups in total. The van der Waals surface area contributed by atoms with Gasteiger partial charge in [-0.1, -0.05) is 28.1 Å². The van der Waals surface area contributed by atoms with Gasteiger partial charge in [0.25, 0.3) is 0 Å². The van der Waals surface area contributed by atoms with Gasteiger partial charge in [-0.15, -0.1) is 0 Å². The molecular weight excluding hydrogens is 344 g/mol. The molecule has 5 nitrogen and oxygen atoms in total. The first-order valence-corrected chi connectivity index (χ1v) is 8.13. The van der Waals surface area contributed by atoms with E-state index in [2.05, 4.69) is 43.8 Å². The summed E-state index contributed by atoms with van der Waals surface area (Å²) in [6, 6.07) is 5.85. The van der Waals surface area contributed by atoms with Crippen molar-refractivity contribution in [3.05, 3.63) is 51.8 Å². The summed E-state index contributed by atoms with van der Waals surface area (Å²) in [7, 11) is 3.63. The van der Waals surface area contributed by atoms with Crippen LogP contribution in [0.1, 0.15) is 35.2 Å². The number of likely N-dealkylation sites (N-methyl/N-ethyl adjacent to an activating group) is 1. The van der Waals surface area contributed by atoms with Gasteiger partial charge in [0.2, 0.25) is 5.91 Å². The van der Waals surface area contributed by atoms with Crippen LogP contribution in [0.4, 0.5) is 0 Å². The van der Waals surface area contributed by atoms with Crippen molar-refractivity contribution >= 4 is 21.8 Å². The maximum atomic E-state index is 12.6. The van der Waals surface area contributed by atoms with Gasteiger partial charge < -0.3 is 10.6 Å². The number of nitrogens with one attached hydrogen (secondary N) is 2. The van der Waals surface area contributed by atoms with Crippen molar-refractivity contribution in [2.45, 2.75) is 24.9 Å². The first-order valence-electron chi connectivity index (χ1n) is 7.33. The largest absolute Gasteiger partial charge is 0.348 e. The molecule has 2 atom stereocenters. The maximum absolute atomic E-state index is 12.6. The number of fused-ring (bicyclic) bond motifs is 1. The molecule has 0 radical (unpaired) electrons. The number of hydrogen-bond donors (Lipinski definition) is 2. The number of carbonyl (C=O) groups is 1. The number of benzene rings is 1. The first kappa shape index (κ1) is 15.2. The number of rotatable bonds is 4. The lowest BCUT2D eigenvalue weighted by atomic mass is 10.1. The SMILES string of the molecule is CNC(C(=O)NC1CCc2c(Br)cccc21)c1cnn(C)c1. The van der Waals surface area contributed by atoms with Crippen molar-refractivity contribution in [2.24, 2.45) is 7.05 Å². The molecule has 22 heavy (non-hydrogen) atoms. The zero-order valence-electron chi connectivity index (χ0n) is 12.6. The third-order valence-corrected chi connectivity index (χ3v) is 4.88. The van der Waals surface area contributed by atoms with Crippen LogP contribution in [0.15, 0.2) is 35.1 Å². The van der Waals surface area contributed by atoms with E-state index in [9.17, 15) is 4.79 Å². The zero-order valence-corrected chi connectivity index (χ0v) is 14.2. The van der Waals surface area contributed by atoms with E-state index in [0.29, 0.717) is 0 Å². The van der Waals surface area contributed by atoms with Gasteiger partial charge in [-0.25, -0.2) is 0 Å². The van der Waals surface area contributed by atoms with E-state index < -0.39 is 0 Å². The summed E-state index contributed by atoms with van der Waals surface area (Å²) >= 11 is 3.59. The van der Waals surface area contributed by atoms with E-state index in [4.69, 9.17) is 0 Å². The minimum Gasteiger partial charge on any atom is -0.348 e. The molecular formula is C16H19BrN4O. The van der Waals surface area contributed by atoms with E-state index in [0.717, 1.165) is 22.9 Å². The van der Waals surface area contributed by atoms with Crippen LogP contribution in [0.25, 0.3) is 0 Å². The molecule has 1 aromatic heterocycles. The molecule has 0 aliphatic heterocycles. The first-order chi connectivity index (χ1) is 10.6. The number of halogens is 1. The molecule has 2 aromatic rings. The van der Waals surface area contributed by atoms with Crippen LogP contribution in [-0.2, 0) is 18.3 Å². The fourth-order valence-corrected chi connectivity index (χ4v) is 3.63. The quantitative estimate of drug-likeness (QED) is 0.876. The van der Waals surface area contributed by atoms with Crippen molar-refractivity contribution in [3.63, 3.8) is 0 Å². The van der Waals surface area contributed by atoms with Crippen molar-refractivity contribution in [3.8, 4) is 0 Å². The molecule has 0 bridgehead atoms. The molecule has 1 amide bonds. The van der Waals surface area contributed by atoms with Gasteiger partial charge in [0.05, 0.1) is 12.2 Å². The van der Waals surface area contributed by atoms with Gasteiger partial charge in [0.1, 0.15) is 6.04 Å². The van der Waals surface area contributed by atoms with Crippen molar-refractivity contribution in [1.29, 1.82) is 0 Å². The van der Waals surface area contributed by atoms with E-state index in [1.54, 1.807) is 17.9 Å². The molecule has 0 fully saturated rings. The monoisotopic (exact) mass is 362 g/mol. The lowest BCUT2D eigenvalue weighted by Gasteiger charge is -2.19. The predicted octanol–water partition coefficient (Wildman–Crippen LogP) is 2.25. The van der Waals surface area contributed by atoms with E-state index in [1.165, 1.54) is 11.1 Å². The Hall–Kier alpha value is -1.66. The number of nitrogens with zero attached hydrogens (tertiary/aromatic N) is 2. The maximum Gasteiger partial charge on any atom is 0.242 e. The molecule has 3 rings (SSSR count). The molecule has 0 spiro atoms. The van der Waals surface area contributed by atoms with Gasteiger partial charge in [-0.2, -0.15) is 5.10 Å². The predicted molar refractivity (Wildman–Crippen MR) is 88.4 cm³/mol. The minimum absolute atomic E-state index is 0.0201. The van der Waals surface area contributed by atoms with Crippen LogP contribution in [0.5, 0.6) is 0 Å². The van der Waals surface area contributed by atoms with Crippen LogP contribution >= 0.6 is 15.9 Å². The topological polar surface area (TPSA) is 59.0 Å². The Bertz CT molecular complexity index is 697. The Morgan fingerprint density at radius 1 is 1.50 bits per heavy atom. The summed E-state index contributed by atoms with van der Waals surface area (Å²) < 4.78 is 2.83. The molecule has 1 heterocycles. The summed E-state index contributed by atoms with van der Waals surface area (Å²) in [5.41, 5.74) is 3.38. The van der Waals surface area contributed by atoms with E-state index >= 15 is 0 Å². The summed E-state index contributed by atoms with van der Waals surface area (Å²) in [6.07, 6.45) is 5.51. The fourth-order valence-electron chi connectivity index (χ4n) is 3.05. The second kappa shape index (κ2) is 6.22. The van der Waals surface area contributed by atoms with E-state index in [-0.39, 0.29) is 18.0 Å². The molecule has 2 unspecified atom stereocenters. The van der Waals surface area contributed by atoms with Crippen molar-refractivity contribution in [2.75, 3.05) is 7.05 Å². The number of carbonyl (C=O) groups excluding carboxylic acids is 1. The zero-order chi connectivity index (χ0) is 15.7. The molecule has 0 saturated heterocycles. The second-order valence-corrected chi connectivity index (χ2v) is 6.43. The average Bonchev–Trinajstić information content (AvgIpc) is 3.08. The smallest absolute Gasteiger partial charge is 0.242 e. The summed E-state index contributed by atoms with van der Waals surface area (Å²) in [4.78, 5) is 12.6. The molecule has 6 heteroatoms. The average molecular weight is 363 g/mol. The molecule has 1 aromatic carbocycles. The van der Waals surface area contributed by atoms with Crippen molar-refractivity contribution < 1.29 is 4.79 Å². The van der Waals surface area contributed by atoms with Crippen LogP contribution in [0.3, 0.4) is 0 Å². The summed E-state index contributed by atoms with van der Waals surface area (Å²) in [5, 5.41) is 10.4. The number of amides is 1. The number of aromatic nitrogens is 2. The normalized spacial score (nSPS) is 18.0. The minimum atomic E-state index is -0.384. The van der Waals surface area contributed by atoms with Gasteiger partial charge in [0.15, 0.2) is 0 Å². The highest BCUT2D eigenvalue weighted by Gasteiger charge is 2.28. The third-order valence-electron chi connectivity index (χ3n) is 4.14. The summed E-state index contributed by atoms with van der Waals surface area (Å²) in [6.45, 7) is 0. The second-order valence-electron chi connectivity index (χ2n) is 5.58. The molecule has 1 aliphatic carbocycles. The lowest BCUT2D eigenvalue weighted by molar-refractivity contribution is -0.123. The molecule has 0 saturated carbocycles. The highest BCUT2D eigenvalue weighted by atomic mass is 79.9. The lowest BCUT2D eigenvalue weighted by Crippen LogP contribution is -2.37. The summed E-state index contributed by atoms with van der Waals surface area (Å²) in [5.74, 6) is -0.0201. The number of hydrogen-bond acceptors (Lipinski definition) is 3. The Labute approximate surface area is 138 Å². The van der Waals surface area contributed by atoms with Crippen molar-refractivity contribution in [1.82, 2.24) is 20.4 Å². The van der Waals surface area contributed by atoms with E-state index in [1.807, 2.05) is 19.3 Å². The molecule has 116 valence electrons. The Morgan fingerprint density at radius 2 is 2.32 bits per heavy atom. The highest BCUT2D eigenvalue weighted by Crippen LogP contribution is 2.35. The van der Waals surface area contributed by atoms with Gasteiger partial charge in [0, 0.05) is 23.3 Å². The van der Waals surface area contributed by atoms with Crippen LogP contribution in [0, 0.1) is 0 Å². The Balaban J connectivity index is 1.77. The van der Waals surface area contributed by atoms with Gasteiger partial charge >= 0.3 is 0 Å². The standard InChI is InChI=1S/C16H19BrN4O/c1-18-15(10-8-19-21(2)9-10)16(22)20-14-7-6-11-12(14)4-3-5-13(11)17/h3-5,8-9,14-15,18H,6-7H2,1-2H3,(H,20,22). The van der Waals surface area contributed by atoms with Gasteiger partial charge in [-0.3, -0.25) is 9.48 Å². The number of aryl methyl sites for hydroxylation is 1. The third kappa shape index (κ3) is 2.80. The Morgan fingerprint density at radius 3 is 3.00 bits per heavy atom. The van der Waals surface area contributed by atoms with Crippen LogP contribution < -0.4 is 10.6 Å². The van der Waals surface area contributed by atoms with Crippen LogP contribution in [0.2, 0.25) is 0 Å². The Kier molecular flexibility index (Phi) is 4.31. The fraction of sp³-hybridized carbons (Fsp3) is 0.375. The molecule has 1 aliphatic rings. The highest BCUT2D eigenvalue weighted by molar-refractivity contribution is 9.10. The van der Waals surface area contributed by atoms with Gasteiger partial charge in [-0.05, 0) is 37.1 Å². The van der Waals surface area contributed by atoms with Crippen LogP contribution in [-0.4, -0.2) is 22.7 Å².